The van der Waals surface area contributed by atoms with Gasteiger partial charge >= 0.3 is 0 Å². The maximum Gasteiger partial charge on any atom is 0.0586 e. The van der Waals surface area contributed by atoms with Crippen molar-refractivity contribution in [1.82, 2.24) is 4.90 Å². The normalized spacial score (nSPS) is 11.8. The van der Waals surface area contributed by atoms with E-state index in [1.54, 1.807) is 0 Å². The molecule has 1 aromatic rings. The van der Waals surface area contributed by atoms with E-state index in [1.807, 2.05) is 55.4 Å². The highest BCUT2D eigenvalue weighted by Gasteiger charge is 2.04. The molecule has 0 amide bonds. The second-order valence-electron chi connectivity index (χ2n) is 3.36. The number of likely N-dealkylation sites (N-methyl/N-ethyl adjacent to an activating group) is 1. The average Bonchev–Trinajstić information content (AvgIpc) is 2.22. The third-order valence-electron chi connectivity index (χ3n) is 2.08. The van der Waals surface area contributed by atoms with Gasteiger partial charge in [0.05, 0.1) is 6.61 Å². The van der Waals surface area contributed by atoms with Gasteiger partial charge in [0.15, 0.2) is 0 Å². The molecule has 0 fully saturated rings. The first kappa shape index (κ1) is 13.1. The second kappa shape index (κ2) is 8.73. The van der Waals surface area contributed by atoms with Crippen molar-refractivity contribution in [3.05, 3.63) is 36.4 Å². The van der Waals surface area contributed by atoms with E-state index in [-0.39, 0.29) is 6.61 Å². The van der Waals surface area contributed by atoms with Crippen LogP contribution in [-0.2, 0) is 0 Å². The van der Waals surface area contributed by atoms with Gasteiger partial charge in [-0.3, -0.25) is 0 Å². The zero-order valence-corrected chi connectivity index (χ0v) is 9.35. The van der Waals surface area contributed by atoms with E-state index < -0.39 is 0 Å². The number of nitrogens with zero attached hydrogens (tertiary/aromatic N) is 1. The van der Waals surface area contributed by atoms with E-state index in [0.29, 0.717) is 6.04 Å². The Balaban J connectivity index is 0.000000249. The Morgan fingerprint density at radius 3 is 1.43 bits per heavy atom. The second-order valence-corrected chi connectivity index (χ2v) is 3.36. The SMILES string of the molecule is CCC(CO)N(C)C.c1ccccc1. The summed E-state index contributed by atoms with van der Waals surface area (Å²) in [5.74, 6) is 0. The van der Waals surface area contributed by atoms with Crippen LogP contribution in [0.25, 0.3) is 0 Å². The molecular weight excluding hydrogens is 174 g/mol. The molecule has 1 unspecified atom stereocenters. The highest BCUT2D eigenvalue weighted by Crippen LogP contribution is 1.95. The van der Waals surface area contributed by atoms with Crippen molar-refractivity contribution in [1.29, 1.82) is 0 Å². The largest absolute Gasteiger partial charge is 0.395 e. The van der Waals surface area contributed by atoms with Crippen LogP contribution >= 0.6 is 0 Å². The first-order valence-corrected chi connectivity index (χ1v) is 4.99. The summed E-state index contributed by atoms with van der Waals surface area (Å²) in [6, 6.07) is 12.3. The summed E-state index contributed by atoms with van der Waals surface area (Å²) in [5.41, 5.74) is 0. The van der Waals surface area contributed by atoms with Crippen molar-refractivity contribution < 1.29 is 5.11 Å². The standard InChI is InChI=1S/C6H15NO.C6H6/c1-4-6(5-8)7(2)3;1-2-4-6-5-3-1/h6,8H,4-5H2,1-3H3;1-6H. The molecule has 0 bridgehead atoms. The van der Waals surface area contributed by atoms with Crippen molar-refractivity contribution in [3.63, 3.8) is 0 Å². The number of benzene rings is 1. The zero-order valence-electron chi connectivity index (χ0n) is 9.35. The van der Waals surface area contributed by atoms with E-state index in [4.69, 9.17) is 5.11 Å². The van der Waals surface area contributed by atoms with Crippen molar-refractivity contribution in [3.8, 4) is 0 Å². The third kappa shape index (κ3) is 6.63. The van der Waals surface area contributed by atoms with E-state index in [9.17, 15) is 0 Å². The van der Waals surface area contributed by atoms with Gasteiger partial charge in [0, 0.05) is 6.04 Å². The highest BCUT2D eigenvalue weighted by atomic mass is 16.3. The van der Waals surface area contributed by atoms with Crippen molar-refractivity contribution >= 4 is 0 Å². The molecular formula is C12H21NO. The van der Waals surface area contributed by atoms with Crippen LogP contribution in [0.5, 0.6) is 0 Å². The first-order chi connectivity index (χ1) is 6.72. The highest BCUT2D eigenvalue weighted by molar-refractivity contribution is 4.99. The lowest BCUT2D eigenvalue weighted by atomic mass is 10.2. The maximum atomic E-state index is 8.65. The fraction of sp³-hybridized carbons (Fsp3) is 0.500. The summed E-state index contributed by atoms with van der Waals surface area (Å²) in [5, 5.41) is 8.65. The molecule has 0 aliphatic carbocycles. The minimum absolute atomic E-state index is 0.267. The monoisotopic (exact) mass is 195 g/mol. The summed E-state index contributed by atoms with van der Waals surface area (Å²) in [4.78, 5) is 2.03. The van der Waals surface area contributed by atoms with E-state index >= 15 is 0 Å². The van der Waals surface area contributed by atoms with Crippen LogP contribution in [0.1, 0.15) is 13.3 Å². The lowest BCUT2D eigenvalue weighted by Gasteiger charge is -2.19. The van der Waals surface area contributed by atoms with Gasteiger partial charge in [-0.1, -0.05) is 43.3 Å². The van der Waals surface area contributed by atoms with Gasteiger partial charge in [-0.25, -0.2) is 0 Å². The van der Waals surface area contributed by atoms with Crippen LogP contribution < -0.4 is 0 Å². The minimum atomic E-state index is 0.267. The van der Waals surface area contributed by atoms with Crippen LogP contribution in [0.2, 0.25) is 0 Å². The topological polar surface area (TPSA) is 23.5 Å². The predicted octanol–water partition coefficient (Wildman–Crippen LogP) is 2.01. The number of aliphatic hydroxyl groups is 1. The van der Waals surface area contributed by atoms with E-state index in [1.165, 1.54) is 0 Å². The molecule has 2 nitrogen and oxygen atoms in total. The van der Waals surface area contributed by atoms with Gasteiger partial charge in [0.25, 0.3) is 0 Å². The van der Waals surface area contributed by atoms with Crippen LogP contribution in [-0.4, -0.2) is 36.8 Å². The molecule has 0 aliphatic rings. The van der Waals surface area contributed by atoms with Gasteiger partial charge in [0.2, 0.25) is 0 Å². The van der Waals surface area contributed by atoms with E-state index in [2.05, 4.69) is 6.92 Å². The number of hydrogen-bond donors (Lipinski definition) is 1. The fourth-order valence-corrected chi connectivity index (χ4v) is 1.04. The molecule has 0 saturated carbocycles. The fourth-order valence-electron chi connectivity index (χ4n) is 1.04. The molecule has 0 spiro atoms. The first-order valence-electron chi connectivity index (χ1n) is 4.99. The van der Waals surface area contributed by atoms with Crippen molar-refractivity contribution in [2.45, 2.75) is 19.4 Å². The van der Waals surface area contributed by atoms with Crippen LogP contribution in [0.15, 0.2) is 36.4 Å². The lowest BCUT2D eigenvalue weighted by molar-refractivity contribution is 0.166. The van der Waals surface area contributed by atoms with Crippen LogP contribution in [0, 0.1) is 0 Å². The molecule has 1 rings (SSSR count). The van der Waals surface area contributed by atoms with Crippen LogP contribution in [0.4, 0.5) is 0 Å². The molecule has 1 atom stereocenters. The Bertz CT molecular complexity index is 168. The Morgan fingerprint density at radius 1 is 1.00 bits per heavy atom. The molecule has 0 saturated heterocycles. The molecule has 1 aromatic carbocycles. The van der Waals surface area contributed by atoms with Crippen LogP contribution in [0.3, 0.4) is 0 Å². The summed E-state index contributed by atoms with van der Waals surface area (Å²) < 4.78 is 0. The summed E-state index contributed by atoms with van der Waals surface area (Å²) in [6.45, 7) is 2.34. The van der Waals surface area contributed by atoms with Gasteiger partial charge in [-0.15, -0.1) is 0 Å². The third-order valence-corrected chi connectivity index (χ3v) is 2.08. The van der Waals surface area contributed by atoms with Gasteiger partial charge in [0.1, 0.15) is 0 Å². The molecule has 80 valence electrons. The minimum Gasteiger partial charge on any atom is -0.395 e. The average molecular weight is 195 g/mol. The number of rotatable bonds is 3. The summed E-state index contributed by atoms with van der Waals surface area (Å²) >= 11 is 0. The number of hydrogen-bond acceptors (Lipinski definition) is 2. The molecule has 0 aromatic heterocycles. The summed E-state index contributed by atoms with van der Waals surface area (Å²) in [7, 11) is 3.95. The predicted molar refractivity (Wildman–Crippen MR) is 61.3 cm³/mol. The molecule has 0 aliphatic heterocycles. The summed E-state index contributed by atoms with van der Waals surface area (Å²) in [6.07, 6.45) is 1.02. The van der Waals surface area contributed by atoms with Crippen molar-refractivity contribution in [2.75, 3.05) is 20.7 Å². The zero-order chi connectivity index (χ0) is 10.8. The van der Waals surface area contributed by atoms with Crippen molar-refractivity contribution in [2.24, 2.45) is 0 Å². The quantitative estimate of drug-likeness (QED) is 0.797. The number of aliphatic hydroxyl groups excluding tert-OH is 1. The van der Waals surface area contributed by atoms with Gasteiger partial charge in [-0.2, -0.15) is 0 Å². The Morgan fingerprint density at radius 2 is 1.36 bits per heavy atom. The Labute approximate surface area is 87.2 Å². The molecule has 1 N–H and O–H groups in total. The Kier molecular flexibility index (Phi) is 8.19. The lowest BCUT2D eigenvalue weighted by Crippen LogP contribution is -2.30. The van der Waals surface area contributed by atoms with Gasteiger partial charge in [-0.05, 0) is 20.5 Å². The molecule has 0 heterocycles. The molecule has 0 radical (unpaired) electrons. The molecule has 14 heavy (non-hydrogen) atoms. The Hall–Kier alpha value is -0.860. The van der Waals surface area contributed by atoms with E-state index in [0.717, 1.165) is 6.42 Å². The molecule has 2 heteroatoms. The maximum absolute atomic E-state index is 8.65. The smallest absolute Gasteiger partial charge is 0.0586 e. The van der Waals surface area contributed by atoms with Gasteiger partial charge < -0.3 is 10.0 Å².